The van der Waals surface area contributed by atoms with Gasteiger partial charge in [0.2, 0.25) is 0 Å². The highest BCUT2D eigenvalue weighted by atomic mass is 35.5. The predicted molar refractivity (Wildman–Crippen MR) is 95.5 cm³/mol. The number of anilines is 2. The molecule has 23 heavy (non-hydrogen) atoms. The van der Waals surface area contributed by atoms with E-state index in [-0.39, 0.29) is 11.8 Å². The molecule has 0 saturated carbocycles. The molecule has 0 aliphatic rings. The standard InChI is InChI=1S/C18H21ClN2O2/c1-12-4-3-5-17(13(12)2)21-18(23)14-6-8-15(9-7-14)20-11-16(22)10-19/h3-9,16,20,22H,10-11H2,1-2H3,(H,21,23). The van der Waals surface area contributed by atoms with Gasteiger partial charge < -0.3 is 15.7 Å². The number of rotatable bonds is 6. The zero-order chi connectivity index (χ0) is 16.8. The Morgan fingerprint density at radius 1 is 1.17 bits per heavy atom. The number of benzene rings is 2. The molecule has 4 nitrogen and oxygen atoms in total. The van der Waals surface area contributed by atoms with Crippen molar-refractivity contribution in [3.8, 4) is 0 Å². The van der Waals surface area contributed by atoms with E-state index in [4.69, 9.17) is 11.6 Å². The Labute approximate surface area is 141 Å². The second kappa shape index (κ2) is 7.99. The highest BCUT2D eigenvalue weighted by Gasteiger charge is 2.09. The van der Waals surface area contributed by atoms with Crippen LogP contribution >= 0.6 is 11.6 Å². The Bertz CT molecular complexity index is 671. The fourth-order valence-corrected chi connectivity index (χ4v) is 2.22. The van der Waals surface area contributed by atoms with Crippen LogP contribution in [0.3, 0.4) is 0 Å². The molecule has 3 N–H and O–H groups in total. The van der Waals surface area contributed by atoms with Crippen LogP contribution in [0.15, 0.2) is 42.5 Å². The first-order chi connectivity index (χ1) is 11.0. The second-order valence-electron chi connectivity index (χ2n) is 5.47. The number of carbonyl (C=O) groups is 1. The van der Waals surface area contributed by atoms with E-state index < -0.39 is 6.10 Å². The minimum Gasteiger partial charge on any atom is -0.390 e. The zero-order valence-corrected chi connectivity index (χ0v) is 14.0. The van der Waals surface area contributed by atoms with E-state index in [1.807, 2.05) is 32.0 Å². The number of aliphatic hydroxyl groups is 1. The summed E-state index contributed by atoms with van der Waals surface area (Å²) in [4.78, 5) is 12.3. The number of hydrogen-bond acceptors (Lipinski definition) is 3. The van der Waals surface area contributed by atoms with Crippen molar-refractivity contribution in [2.24, 2.45) is 0 Å². The SMILES string of the molecule is Cc1cccc(NC(=O)c2ccc(NCC(O)CCl)cc2)c1C. The first-order valence-electron chi connectivity index (χ1n) is 7.47. The van der Waals surface area contributed by atoms with Crippen LogP contribution in [-0.2, 0) is 0 Å². The van der Waals surface area contributed by atoms with Gasteiger partial charge in [-0.2, -0.15) is 0 Å². The maximum atomic E-state index is 12.3. The summed E-state index contributed by atoms with van der Waals surface area (Å²) in [6.07, 6.45) is -0.594. The van der Waals surface area contributed by atoms with Crippen molar-refractivity contribution in [1.82, 2.24) is 0 Å². The lowest BCUT2D eigenvalue weighted by molar-refractivity contribution is 0.102. The molecule has 1 atom stereocenters. The third-order valence-electron chi connectivity index (χ3n) is 3.72. The number of carbonyl (C=O) groups excluding carboxylic acids is 1. The lowest BCUT2D eigenvalue weighted by Gasteiger charge is -2.12. The maximum Gasteiger partial charge on any atom is 0.255 e. The monoisotopic (exact) mass is 332 g/mol. The Morgan fingerprint density at radius 2 is 1.87 bits per heavy atom. The van der Waals surface area contributed by atoms with E-state index in [0.717, 1.165) is 22.5 Å². The summed E-state index contributed by atoms with van der Waals surface area (Å²) in [5, 5.41) is 15.4. The van der Waals surface area contributed by atoms with E-state index in [9.17, 15) is 9.90 Å². The molecule has 0 aliphatic carbocycles. The molecule has 122 valence electrons. The van der Waals surface area contributed by atoms with Crippen molar-refractivity contribution < 1.29 is 9.90 Å². The van der Waals surface area contributed by atoms with E-state index in [1.54, 1.807) is 24.3 Å². The van der Waals surface area contributed by atoms with Gasteiger partial charge in [-0.15, -0.1) is 11.6 Å². The quantitative estimate of drug-likeness (QED) is 0.709. The molecule has 2 rings (SSSR count). The molecule has 0 heterocycles. The van der Waals surface area contributed by atoms with Crippen LogP contribution in [0.1, 0.15) is 21.5 Å². The Kier molecular flexibility index (Phi) is 6.02. The zero-order valence-electron chi connectivity index (χ0n) is 13.3. The summed E-state index contributed by atoms with van der Waals surface area (Å²) in [5.74, 6) is 0.0367. The predicted octanol–water partition coefficient (Wildman–Crippen LogP) is 3.57. The first-order valence-corrected chi connectivity index (χ1v) is 8.00. The average molecular weight is 333 g/mol. The van der Waals surface area contributed by atoms with E-state index in [0.29, 0.717) is 12.1 Å². The van der Waals surface area contributed by atoms with Gasteiger partial charge in [0.25, 0.3) is 5.91 Å². The Morgan fingerprint density at radius 3 is 2.52 bits per heavy atom. The highest BCUT2D eigenvalue weighted by Crippen LogP contribution is 2.19. The van der Waals surface area contributed by atoms with Gasteiger partial charge in [0.15, 0.2) is 0 Å². The summed E-state index contributed by atoms with van der Waals surface area (Å²) in [7, 11) is 0. The van der Waals surface area contributed by atoms with Crippen LogP contribution in [-0.4, -0.2) is 29.5 Å². The van der Waals surface area contributed by atoms with Gasteiger partial charge in [-0.25, -0.2) is 0 Å². The molecule has 2 aromatic carbocycles. The number of halogens is 1. The molecular weight excluding hydrogens is 312 g/mol. The topological polar surface area (TPSA) is 61.4 Å². The van der Waals surface area contributed by atoms with Crippen molar-refractivity contribution in [2.45, 2.75) is 20.0 Å². The number of alkyl halides is 1. The summed E-state index contributed by atoms with van der Waals surface area (Å²) in [6, 6.07) is 12.9. The van der Waals surface area contributed by atoms with Crippen LogP contribution in [0.5, 0.6) is 0 Å². The number of hydrogen-bond donors (Lipinski definition) is 3. The van der Waals surface area contributed by atoms with Gasteiger partial charge in [-0.05, 0) is 55.3 Å². The molecule has 0 bridgehead atoms. The summed E-state index contributed by atoms with van der Waals surface area (Å²) in [6.45, 7) is 4.37. The van der Waals surface area contributed by atoms with Crippen LogP contribution in [0.25, 0.3) is 0 Å². The third-order valence-corrected chi connectivity index (χ3v) is 4.08. The normalized spacial score (nSPS) is 11.8. The first kappa shape index (κ1) is 17.3. The van der Waals surface area contributed by atoms with Gasteiger partial charge >= 0.3 is 0 Å². The fraction of sp³-hybridized carbons (Fsp3) is 0.278. The van der Waals surface area contributed by atoms with E-state index >= 15 is 0 Å². The summed E-state index contributed by atoms with van der Waals surface area (Å²) >= 11 is 5.54. The van der Waals surface area contributed by atoms with Crippen LogP contribution in [0.2, 0.25) is 0 Å². The van der Waals surface area contributed by atoms with Crippen molar-refractivity contribution in [3.05, 3.63) is 59.2 Å². The third kappa shape index (κ3) is 4.71. The second-order valence-corrected chi connectivity index (χ2v) is 5.78. The number of aryl methyl sites for hydroxylation is 1. The Balaban J connectivity index is 2.01. The average Bonchev–Trinajstić information content (AvgIpc) is 2.57. The molecule has 0 fully saturated rings. The minimum atomic E-state index is -0.594. The van der Waals surface area contributed by atoms with Crippen molar-refractivity contribution >= 4 is 28.9 Å². The summed E-state index contributed by atoms with van der Waals surface area (Å²) in [5.41, 5.74) is 4.43. The molecule has 0 aromatic heterocycles. The van der Waals surface area contributed by atoms with Crippen LogP contribution in [0.4, 0.5) is 11.4 Å². The van der Waals surface area contributed by atoms with Gasteiger partial charge in [-0.1, -0.05) is 12.1 Å². The molecule has 2 aromatic rings. The lowest BCUT2D eigenvalue weighted by Crippen LogP contribution is -2.20. The number of aliphatic hydroxyl groups excluding tert-OH is 1. The molecular formula is C18H21ClN2O2. The molecule has 1 unspecified atom stereocenters. The van der Waals surface area contributed by atoms with Crippen molar-refractivity contribution in [1.29, 1.82) is 0 Å². The molecule has 0 aliphatic heterocycles. The van der Waals surface area contributed by atoms with Crippen molar-refractivity contribution in [3.63, 3.8) is 0 Å². The van der Waals surface area contributed by atoms with E-state index in [2.05, 4.69) is 10.6 Å². The van der Waals surface area contributed by atoms with Gasteiger partial charge in [-0.3, -0.25) is 4.79 Å². The molecule has 0 spiro atoms. The lowest BCUT2D eigenvalue weighted by atomic mass is 10.1. The van der Waals surface area contributed by atoms with Gasteiger partial charge in [0.1, 0.15) is 0 Å². The molecule has 1 amide bonds. The number of amides is 1. The molecule has 0 saturated heterocycles. The minimum absolute atomic E-state index is 0.147. The highest BCUT2D eigenvalue weighted by molar-refractivity contribution is 6.18. The Hall–Kier alpha value is -2.04. The van der Waals surface area contributed by atoms with Crippen molar-refractivity contribution in [2.75, 3.05) is 23.1 Å². The van der Waals surface area contributed by atoms with Gasteiger partial charge in [0, 0.05) is 23.5 Å². The van der Waals surface area contributed by atoms with E-state index in [1.165, 1.54) is 0 Å². The molecule has 0 radical (unpaired) electrons. The fourth-order valence-electron chi connectivity index (χ4n) is 2.11. The van der Waals surface area contributed by atoms with Gasteiger partial charge in [0.05, 0.1) is 12.0 Å². The molecule has 5 heteroatoms. The smallest absolute Gasteiger partial charge is 0.255 e. The summed E-state index contributed by atoms with van der Waals surface area (Å²) < 4.78 is 0. The van der Waals surface area contributed by atoms with Crippen LogP contribution < -0.4 is 10.6 Å². The van der Waals surface area contributed by atoms with Crippen LogP contribution in [0, 0.1) is 13.8 Å². The maximum absolute atomic E-state index is 12.3. The largest absolute Gasteiger partial charge is 0.390 e. The number of nitrogens with one attached hydrogen (secondary N) is 2.